The van der Waals surface area contributed by atoms with Crippen molar-refractivity contribution in [2.45, 2.75) is 233 Å². The summed E-state index contributed by atoms with van der Waals surface area (Å²) in [4.78, 5) is 22.8. The second-order valence-electron chi connectivity index (χ2n) is 22.8. The maximum Gasteiger partial charge on any atom is 0.0481 e. The molecule has 81 heavy (non-hydrogen) atoms. The fraction of sp³-hybridized carbons (Fsp3) is 0.500. The molecule has 0 radical (unpaired) electrons. The summed E-state index contributed by atoms with van der Waals surface area (Å²) in [7, 11) is 0. The smallest absolute Gasteiger partial charge is 0.0481 e. The third kappa shape index (κ3) is 19.1. The van der Waals surface area contributed by atoms with E-state index < -0.39 is 0 Å². The molecule has 0 saturated heterocycles. The number of hydrogen-bond acceptors (Lipinski definition) is 9. The van der Waals surface area contributed by atoms with Crippen LogP contribution in [0.4, 0.5) is 0 Å². The lowest BCUT2D eigenvalue weighted by atomic mass is 10.0. The molecule has 0 aliphatic heterocycles. The zero-order valence-electron chi connectivity index (χ0n) is 49.3. The quantitative estimate of drug-likeness (QED) is 0.0335. The highest BCUT2D eigenvalue weighted by Gasteiger charge is 2.21. The SMILES string of the molecule is CCCCCCCCCCCCc1cc(-c2ccc(-c3ccc(-c4cc(CCCCCCCCCCCC)c(-c5ccc(-c6ccc(-c7cc(CCCCCCCCCCCC)c(-c8cccs8)s7)s6)s5)s4)s3)s2)sc1-c1cccs1. The Bertz CT molecular complexity index is 3090. The maximum atomic E-state index is 2.58. The topological polar surface area (TPSA) is 0 Å². The van der Waals surface area contributed by atoms with E-state index in [0.717, 1.165) is 6.42 Å². The second kappa shape index (κ2) is 35.1. The molecule has 0 spiro atoms. The number of aryl methyl sites for hydroxylation is 3. The van der Waals surface area contributed by atoms with E-state index in [-0.39, 0.29) is 0 Å². The van der Waals surface area contributed by atoms with E-state index in [4.69, 9.17) is 0 Å². The molecule has 0 bridgehead atoms. The van der Waals surface area contributed by atoms with Gasteiger partial charge in [-0.15, -0.1) is 102 Å². The Morgan fingerprint density at radius 1 is 0.222 bits per heavy atom. The summed E-state index contributed by atoms with van der Waals surface area (Å²) < 4.78 is 0. The van der Waals surface area contributed by atoms with Crippen LogP contribution in [0.1, 0.15) is 230 Å². The molecule has 0 aromatic carbocycles. The Hall–Kier alpha value is -2.70. The average molecular weight is 1250 g/mol. The largest absolute Gasteiger partial charge is 0.143 e. The van der Waals surface area contributed by atoms with E-state index in [9.17, 15) is 0 Å². The Labute approximate surface area is 526 Å². The van der Waals surface area contributed by atoms with Crippen LogP contribution in [0.5, 0.6) is 0 Å². The lowest BCUT2D eigenvalue weighted by molar-refractivity contribution is 0.556. The van der Waals surface area contributed by atoms with Gasteiger partial charge in [0.25, 0.3) is 0 Å². The van der Waals surface area contributed by atoms with Crippen LogP contribution in [0.25, 0.3) is 78.0 Å². The number of thiophene rings is 9. The summed E-state index contributed by atoms with van der Waals surface area (Å²) in [5.41, 5.74) is 4.65. The van der Waals surface area contributed by atoms with Gasteiger partial charge in [-0.2, -0.15) is 0 Å². The van der Waals surface area contributed by atoms with Crippen LogP contribution in [0.2, 0.25) is 0 Å². The van der Waals surface area contributed by atoms with Gasteiger partial charge in [0, 0.05) is 78.0 Å². The molecule has 0 unspecified atom stereocenters. The van der Waals surface area contributed by atoms with E-state index in [2.05, 4.69) is 123 Å². The number of rotatable bonds is 41. The Morgan fingerprint density at radius 3 is 0.728 bits per heavy atom. The molecule has 0 atom stereocenters. The van der Waals surface area contributed by atoms with Gasteiger partial charge >= 0.3 is 0 Å². The van der Waals surface area contributed by atoms with Gasteiger partial charge in [0.05, 0.1) is 0 Å². The van der Waals surface area contributed by atoms with E-state index in [1.165, 1.54) is 284 Å². The third-order valence-electron chi connectivity index (χ3n) is 16.2. The van der Waals surface area contributed by atoms with Crippen molar-refractivity contribution in [2.75, 3.05) is 0 Å². The minimum Gasteiger partial charge on any atom is -0.143 e. The monoisotopic (exact) mass is 1240 g/mol. The highest BCUT2D eigenvalue weighted by Crippen LogP contribution is 2.50. The molecule has 9 heteroatoms. The number of hydrogen-bond donors (Lipinski definition) is 0. The first-order chi connectivity index (χ1) is 40.1. The molecule has 0 aliphatic rings. The molecule has 0 fully saturated rings. The van der Waals surface area contributed by atoms with Gasteiger partial charge in [-0.25, -0.2) is 0 Å². The molecule has 0 aliphatic carbocycles. The van der Waals surface area contributed by atoms with Gasteiger partial charge in [0.2, 0.25) is 0 Å². The molecule has 0 saturated carbocycles. The summed E-state index contributed by atoms with van der Waals surface area (Å²) in [6.45, 7) is 6.94. The molecular formula is C72H92S9. The normalized spacial score (nSPS) is 11.8. The van der Waals surface area contributed by atoms with Gasteiger partial charge in [-0.05, 0) is 145 Å². The Balaban J connectivity index is 0.867. The summed E-state index contributed by atoms with van der Waals surface area (Å²) in [5, 5.41) is 4.49. The summed E-state index contributed by atoms with van der Waals surface area (Å²) in [5.74, 6) is 0. The zero-order chi connectivity index (χ0) is 55.7. The Morgan fingerprint density at radius 2 is 0.457 bits per heavy atom. The van der Waals surface area contributed by atoms with Crippen molar-refractivity contribution >= 4 is 102 Å². The zero-order valence-corrected chi connectivity index (χ0v) is 56.7. The fourth-order valence-electron chi connectivity index (χ4n) is 11.5. The van der Waals surface area contributed by atoms with Crippen molar-refractivity contribution in [3.05, 3.63) is 118 Å². The van der Waals surface area contributed by atoms with Gasteiger partial charge in [0.15, 0.2) is 0 Å². The van der Waals surface area contributed by atoms with Crippen molar-refractivity contribution < 1.29 is 0 Å². The van der Waals surface area contributed by atoms with Gasteiger partial charge in [0.1, 0.15) is 0 Å². The lowest BCUT2D eigenvalue weighted by Crippen LogP contribution is -1.86. The highest BCUT2D eigenvalue weighted by molar-refractivity contribution is 7.32. The van der Waals surface area contributed by atoms with Crippen LogP contribution in [0.15, 0.2) is 102 Å². The minimum atomic E-state index is 1.16. The summed E-state index contributed by atoms with van der Waals surface area (Å²) >= 11 is 17.8. The second-order valence-corrected chi connectivity index (χ2v) is 32.2. The van der Waals surface area contributed by atoms with E-state index >= 15 is 0 Å². The van der Waals surface area contributed by atoms with Crippen molar-refractivity contribution in [3.63, 3.8) is 0 Å². The summed E-state index contributed by atoms with van der Waals surface area (Å²) in [6, 6.07) is 36.0. The molecule has 434 valence electrons. The molecule has 0 amide bonds. The third-order valence-corrected chi connectivity index (χ3v) is 27.3. The fourth-order valence-corrected chi connectivity index (χ4v) is 21.5. The molecular weight excluding hydrogens is 1150 g/mol. The van der Waals surface area contributed by atoms with Crippen LogP contribution in [-0.4, -0.2) is 0 Å². The molecule has 9 aromatic heterocycles. The predicted octanol–water partition coefficient (Wildman–Crippen LogP) is 29.0. The van der Waals surface area contributed by atoms with Gasteiger partial charge in [-0.3, -0.25) is 0 Å². The molecule has 9 rings (SSSR count). The lowest BCUT2D eigenvalue weighted by Gasteiger charge is -2.04. The van der Waals surface area contributed by atoms with Crippen LogP contribution in [0.3, 0.4) is 0 Å². The highest BCUT2D eigenvalue weighted by atomic mass is 32.1. The predicted molar refractivity (Wildman–Crippen MR) is 377 cm³/mol. The van der Waals surface area contributed by atoms with E-state index in [1.807, 2.05) is 102 Å². The molecule has 9 heterocycles. The van der Waals surface area contributed by atoms with E-state index in [0.29, 0.717) is 0 Å². The van der Waals surface area contributed by atoms with Gasteiger partial charge < -0.3 is 0 Å². The van der Waals surface area contributed by atoms with Crippen LogP contribution < -0.4 is 0 Å². The van der Waals surface area contributed by atoms with Gasteiger partial charge in [-0.1, -0.05) is 206 Å². The molecule has 9 aromatic rings. The van der Waals surface area contributed by atoms with Crippen molar-refractivity contribution in [1.82, 2.24) is 0 Å². The van der Waals surface area contributed by atoms with Crippen molar-refractivity contribution in [3.8, 4) is 78.0 Å². The van der Waals surface area contributed by atoms with Crippen LogP contribution >= 0.6 is 102 Å². The van der Waals surface area contributed by atoms with Crippen LogP contribution in [0, 0.1) is 0 Å². The van der Waals surface area contributed by atoms with Crippen molar-refractivity contribution in [2.24, 2.45) is 0 Å². The number of unbranched alkanes of at least 4 members (excludes halogenated alkanes) is 27. The van der Waals surface area contributed by atoms with E-state index in [1.54, 1.807) is 16.7 Å². The first-order valence-electron chi connectivity index (χ1n) is 32.0. The molecule has 0 nitrogen and oxygen atoms in total. The first kappa shape index (κ1) is 62.8. The van der Waals surface area contributed by atoms with Crippen molar-refractivity contribution in [1.29, 1.82) is 0 Å². The Kier molecular flexibility index (Phi) is 27.2. The average Bonchev–Trinajstić information content (AvgIpc) is 4.54. The maximum absolute atomic E-state index is 2.58. The standard InChI is InChI=1S/C72H92S9/c1-4-7-10-13-16-19-22-25-28-31-36-54-51-67(79-70(54)64-39-34-49-73-64)61-44-41-57(75-61)58-42-45-63(76-58)69-53-56(38-33-30-27-24-21-18-15-12-9-6-3)72(81-69)66-48-47-60(78-66)59-43-46-62(77-59)68-52-55(71(80-68)65-40-35-50-74-65)37-32-29-26-23-20-17-14-11-8-5-2/h34-35,39-53H,4-33,36-38H2,1-3H3. The van der Waals surface area contributed by atoms with Crippen LogP contribution in [-0.2, 0) is 19.3 Å². The summed E-state index contributed by atoms with van der Waals surface area (Å²) in [6.07, 6.45) is 44.9. The molecule has 0 N–H and O–H groups in total. The first-order valence-corrected chi connectivity index (χ1v) is 39.4. The minimum absolute atomic E-state index is 1.16.